The molecule has 92 valence electrons. The molecule has 0 saturated carbocycles. The van der Waals surface area contributed by atoms with Crippen molar-refractivity contribution in [2.24, 2.45) is 11.8 Å². The van der Waals surface area contributed by atoms with Crippen molar-refractivity contribution in [3.63, 3.8) is 0 Å². The van der Waals surface area contributed by atoms with Gasteiger partial charge in [-0.05, 0) is 32.1 Å². The number of nitrogens with zero attached hydrogens (tertiary/aromatic N) is 2. The molecule has 1 aromatic rings. The molecule has 0 radical (unpaired) electrons. The van der Waals surface area contributed by atoms with Crippen LogP contribution in [0, 0.1) is 18.8 Å². The Hall–Kier alpha value is -0.540. The van der Waals surface area contributed by atoms with E-state index in [2.05, 4.69) is 25.9 Å². The summed E-state index contributed by atoms with van der Waals surface area (Å²) in [6.45, 7) is 9.22. The van der Waals surface area contributed by atoms with Crippen molar-refractivity contribution in [2.75, 3.05) is 6.61 Å². The number of aliphatic hydroxyl groups excluding tert-OH is 1. The molecule has 3 nitrogen and oxygen atoms in total. The second-order valence-corrected chi connectivity index (χ2v) is 4.93. The predicted molar refractivity (Wildman–Crippen MR) is 66.8 cm³/mol. The van der Waals surface area contributed by atoms with Gasteiger partial charge in [0.15, 0.2) is 0 Å². The monoisotopic (exact) mass is 244 g/mol. The van der Waals surface area contributed by atoms with E-state index >= 15 is 0 Å². The summed E-state index contributed by atoms with van der Waals surface area (Å²) in [5, 5.41) is 14.5. The Kier molecular flexibility index (Phi) is 4.81. The SMILES string of the molecule is CCn1nc(C)c(Cl)c1CC(CO)C(C)C. The maximum Gasteiger partial charge on any atom is 0.0847 e. The molecule has 1 atom stereocenters. The van der Waals surface area contributed by atoms with Crippen LogP contribution in [0.15, 0.2) is 0 Å². The van der Waals surface area contributed by atoms with Crippen molar-refractivity contribution in [2.45, 2.75) is 40.7 Å². The molecule has 0 fully saturated rings. The molecule has 0 aromatic carbocycles. The fourth-order valence-electron chi connectivity index (χ4n) is 1.82. The lowest BCUT2D eigenvalue weighted by atomic mass is 9.92. The predicted octanol–water partition coefficient (Wildman–Crippen LogP) is 2.67. The normalized spacial score (nSPS) is 13.4. The van der Waals surface area contributed by atoms with Crippen molar-refractivity contribution < 1.29 is 5.11 Å². The molecule has 1 rings (SSSR count). The van der Waals surface area contributed by atoms with Gasteiger partial charge in [-0.2, -0.15) is 5.10 Å². The highest BCUT2D eigenvalue weighted by molar-refractivity contribution is 6.31. The van der Waals surface area contributed by atoms with Gasteiger partial charge in [-0.3, -0.25) is 4.68 Å². The van der Waals surface area contributed by atoms with Gasteiger partial charge < -0.3 is 5.11 Å². The van der Waals surface area contributed by atoms with Crippen LogP contribution >= 0.6 is 11.6 Å². The molecule has 0 spiro atoms. The third-order valence-electron chi connectivity index (χ3n) is 3.09. The van der Waals surface area contributed by atoms with Gasteiger partial charge in [-0.1, -0.05) is 25.4 Å². The Morgan fingerprint density at radius 2 is 2.06 bits per heavy atom. The van der Waals surface area contributed by atoms with E-state index in [1.54, 1.807) is 0 Å². The third kappa shape index (κ3) is 2.77. The van der Waals surface area contributed by atoms with E-state index in [1.807, 2.05) is 11.6 Å². The molecule has 0 bridgehead atoms. The van der Waals surface area contributed by atoms with Crippen LogP contribution in [0.4, 0.5) is 0 Å². The Bertz CT molecular complexity index is 347. The number of rotatable bonds is 5. The molecule has 1 unspecified atom stereocenters. The molecule has 0 aliphatic rings. The first-order chi connectivity index (χ1) is 7.51. The topological polar surface area (TPSA) is 38.0 Å². The van der Waals surface area contributed by atoms with E-state index in [9.17, 15) is 5.11 Å². The lowest BCUT2D eigenvalue weighted by molar-refractivity contribution is 0.187. The Labute approximate surface area is 102 Å². The highest BCUT2D eigenvalue weighted by Gasteiger charge is 2.19. The Morgan fingerprint density at radius 3 is 2.50 bits per heavy atom. The van der Waals surface area contributed by atoms with Crippen LogP contribution in [0.5, 0.6) is 0 Å². The van der Waals surface area contributed by atoms with Crippen molar-refractivity contribution in [1.82, 2.24) is 9.78 Å². The fourth-order valence-corrected chi connectivity index (χ4v) is 2.04. The van der Waals surface area contributed by atoms with Crippen molar-refractivity contribution >= 4 is 11.6 Å². The van der Waals surface area contributed by atoms with Crippen LogP contribution in [-0.4, -0.2) is 21.5 Å². The van der Waals surface area contributed by atoms with E-state index in [0.717, 1.165) is 29.4 Å². The van der Waals surface area contributed by atoms with Crippen molar-refractivity contribution in [3.8, 4) is 0 Å². The molecule has 0 amide bonds. The van der Waals surface area contributed by atoms with E-state index in [1.165, 1.54) is 0 Å². The van der Waals surface area contributed by atoms with Gasteiger partial charge in [0.05, 0.1) is 16.4 Å². The summed E-state index contributed by atoms with van der Waals surface area (Å²) in [4.78, 5) is 0. The molecule has 1 heterocycles. The Balaban J connectivity index is 2.94. The van der Waals surface area contributed by atoms with Crippen molar-refractivity contribution in [3.05, 3.63) is 16.4 Å². The maximum absolute atomic E-state index is 9.35. The molecule has 4 heteroatoms. The lowest BCUT2D eigenvalue weighted by Gasteiger charge is -2.18. The van der Waals surface area contributed by atoms with E-state index < -0.39 is 0 Å². The van der Waals surface area contributed by atoms with Crippen molar-refractivity contribution in [1.29, 1.82) is 0 Å². The number of halogens is 1. The Morgan fingerprint density at radius 1 is 1.44 bits per heavy atom. The standard InChI is InChI=1S/C12H21ClN2O/c1-5-15-11(12(13)9(4)14-15)6-10(7-16)8(2)3/h8,10,16H,5-7H2,1-4H3. The molecule has 16 heavy (non-hydrogen) atoms. The highest BCUT2D eigenvalue weighted by atomic mass is 35.5. The largest absolute Gasteiger partial charge is 0.396 e. The van der Waals surface area contributed by atoms with Gasteiger partial charge in [0.25, 0.3) is 0 Å². The quantitative estimate of drug-likeness (QED) is 0.865. The fraction of sp³-hybridized carbons (Fsp3) is 0.750. The number of hydrogen-bond acceptors (Lipinski definition) is 2. The second kappa shape index (κ2) is 5.69. The minimum atomic E-state index is 0.196. The van der Waals surface area contributed by atoms with Gasteiger partial charge in [0, 0.05) is 13.2 Å². The molecular weight excluding hydrogens is 224 g/mol. The average Bonchev–Trinajstić information content (AvgIpc) is 2.51. The van der Waals surface area contributed by atoms with Gasteiger partial charge >= 0.3 is 0 Å². The zero-order valence-corrected chi connectivity index (χ0v) is 11.3. The molecule has 1 N–H and O–H groups in total. The minimum absolute atomic E-state index is 0.196. The van der Waals surface area contributed by atoms with Crippen LogP contribution in [0.3, 0.4) is 0 Å². The lowest BCUT2D eigenvalue weighted by Crippen LogP contribution is -2.18. The second-order valence-electron chi connectivity index (χ2n) is 4.55. The molecule has 1 aromatic heterocycles. The summed E-state index contributed by atoms with van der Waals surface area (Å²) in [5.74, 6) is 0.695. The van der Waals surface area contributed by atoms with E-state index in [-0.39, 0.29) is 12.5 Å². The first-order valence-corrected chi connectivity index (χ1v) is 6.21. The summed E-state index contributed by atoms with van der Waals surface area (Å²) in [6, 6.07) is 0. The zero-order chi connectivity index (χ0) is 12.3. The average molecular weight is 245 g/mol. The molecule has 0 aliphatic heterocycles. The highest BCUT2D eigenvalue weighted by Crippen LogP contribution is 2.25. The van der Waals surface area contributed by atoms with Gasteiger partial charge in [-0.15, -0.1) is 0 Å². The van der Waals surface area contributed by atoms with Gasteiger partial charge in [0.1, 0.15) is 0 Å². The molecule has 0 saturated heterocycles. The van der Waals surface area contributed by atoms with Gasteiger partial charge in [-0.25, -0.2) is 0 Å². The van der Waals surface area contributed by atoms with Crippen LogP contribution in [-0.2, 0) is 13.0 Å². The first-order valence-electron chi connectivity index (χ1n) is 5.83. The summed E-state index contributed by atoms with van der Waals surface area (Å²) in [5.41, 5.74) is 1.92. The summed E-state index contributed by atoms with van der Waals surface area (Å²) >= 11 is 6.23. The smallest absolute Gasteiger partial charge is 0.0847 e. The number of aliphatic hydroxyl groups is 1. The number of aryl methyl sites for hydroxylation is 2. The number of hydrogen-bond donors (Lipinski definition) is 1. The molecular formula is C12H21ClN2O. The van der Waals surface area contributed by atoms with Gasteiger partial charge in [0.2, 0.25) is 0 Å². The van der Waals surface area contributed by atoms with E-state index in [0.29, 0.717) is 5.92 Å². The van der Waals surface area contributed by atoms with Crippen LogP contribution in [0.1, 0.15) is 32.2 Å². The van der Waals surface area contributed by atoms with E-state index in [4.69, 9.17) is 11.6 Å². The zero-order valence-electron chi connectivity index (χ0n) is 10.5. The van der Waals surface area contributed by atoms with Crippen LogP contribution < -0.4 is 0 Å². The van der Waals surface area contributed by atoms with Crippen LogP contribution in [0.2, 0.25) is 5.02 Å². The first kappa shape index (κ1) is 13.5. The third-order valence-corrected chi connectivity index (χ3v) is 3.58. The summed E-state index contributed by atoms with van der Waals surface area (Å²) < 4.78 is 1.93. The summed E-state index contributed by atoms with van der Waals surface area (Å²) in [6.07, 6.45) is 0.793. The minimum Gasteiger partial charge on any atom is -0.396 e. The van der Waals surface area contributed by atoms with Crippen LogP contribution in [0.25, 0.3) is 0 Å². The number of aromatic nitrogens is 2. The molecule has 0 aliphatic carbocycles. The maximum atomic E-state index is 9.35. The summed E-state index contributed by atoms with van der Waals surface area (Å²) in [7, 11) is 0.